The van der Waals surface area contributed by atoms with E-state index < -0.39 is 17.7 Å². The van der Waals surface area contributed by atoms with Crippen LogP contribution in [0.1, 0.15) is 85.6 Å². The molecule has 1 saturated carbocycles. The van der Waals surface area contributed by atoms with Crippen LogP contribution in [0.15, 0.2) is 24.3 Å². The van der Waals surface area contributed by atoms with E-state index in [1.807, 2.05) is 42.8 Å². The zero-order valence-electron chi connectivity index (χ0n) is 26.8. The molecule has 11 heteroatoms. The summed E-state index contributed by atoms with van der Waals surface area (Å²) < 4.78 is 1.92. The monoisotopic (exact) mass is 628 g/mol. The van der Waals surface area contributed by atoms with Crippen LogP contribution in [-0.4, -0.2) is 98.7 Å². The minimum absolute atomic E-state index is 0. The Morgan fingerprint density at radius 1 is 1.09 bits per heavy atom. The summed E-state index contributed by atoms with van der Waals surface area (Å²) >= 11 is 0. The van der Waals surface area contributed by atoms with Crippen molar-refractivity contribution < 1.29 is 19.5 Å². The lowest BCUT2D eigenvalue weighted by atomic mass is 9.78. The number of carbonyl (C=O) groups excluding carboxylic acids is 3. The summed E-state index contributed by atoms with van der Waals surface area (Å²) in [4.78, 5) is 45.6. The number of nitrogens with one attached hydrogen (secondary N) is 1. The lowest BCUT2D eigenvalue weighted by molar-refractivity contribution is -0.165. The average molecular weight is 629 g/mol. The molecule has 0 radical (unpaired) electrons. The second-order valence-electron chi connectivity index (χ2n) is 12.9. The molecular weight excluding hydrogens is 580 g/mol. The number of hydrogen-bond donors (Lipinski definition) is 2. The molecule has 2 atom stereocenters. The third-order valence-corrected chi connectivity index (χ3v) is 9.95. The number of aliphatic hydroxyl groups is 1. The number of piperazine rings is 1. The first kappa shape index (κ1) is 33.9. The maximum Gasteiger partial charge on any atom is 0.253 e. The van der Waals surface area contributed by atoms with Crippen LogP contribution in [0.3, 0.4) is 0 Å². The van der Waals surface area contributed by atoms with Gasteiger partial charge < -0.3 is 20.2 Å². The minimum atomic E-state index is -0.869. The molecule has 3 aliphatic rings. The highest BCUT2D eigenvalue weighted by Gasteiger charge is 2.55. The summed E-state index contributed by atoms with van der Waals surface area (Å²) in [6, 6.07) is 6.65. The zero-order chi connectivity index (χ0) is 30.9. The molecule has 3 heterocycles. The molecule has 1 aliphatic carbocycles. The smallest absolute Gasteiger partial charge is 0.253 e. The van der Waals surface area contributed by atoms with Crippen molar-refractivity contribution in [1.29, 1.82) is 0 Å². The van der Waals surface area contributed by atoms with E-state index in [-0.39, 0.29) is 36.0 Å². The molecule has 1 spiro atoms. The van der Waals surface area contributed by atoms with Gasteiger partial charge in [0, 0.05) is 57.1 Å². The molecule has 3 amide bonds. The molecule has 5 rings (SSSR count). The summed E-state index contributed by atoms with van der Waals surface area (Å²) in [6.45, 7) is 8.70. The van der Waals surface area contributed by atoms with Crippen LogP contribution in [0.25, 0.3) is 5.69 Å². The molecule has 1 aromatic carbocycles. The van der Waals surface area contributed by atoms with E-state index in [4.69, 9.17) is 5.10 Å². The fraction of sp³-hybridized carbons (Fsp3) is 0.636. The Morgan fingerprint density at radius 3 is 2.32 bits per heavy atom. The van der Waals surface area contributed by atoms with Crippen LogP contribution in [0.4, 0.5) is 0 Å². The number of aromatic nitrogens is 2. The molecule has 0 bridgehead atoms. The van der Waals surface area contributed by atoms with Crippen LogP contribution in [0.5, 0.6) is 0 Å². The van der Waals surface area contributed by atoms with Crippen molar-refractivity contribution in [1.82, 2.24) is 29.8 Å². The molecular formula is C33H49ClN6O4. The number of likely N-dealkylation sites (tertiary alicyclic amines) is 1. The van der Waals surface area contributed by atoms with Crippen LogP contribution in [0, 0.1) is 19.8 Å². The van der Waals surface area contributed by atoms with Crippen molar-refractivity contribution in [3.8, 4) is 5.69 Å². The number of amides is 3. The van der Waals surface area contributed by atoms with Crippen molar-refractivity contribution in [2.24, 2.45) is 5.92 Å². The number of rotatable bonds is 8. The number of carbonyl (C=O) groups is 3. The number of piperidine rings is 1. The third kappa shape index (κ3) is 6.39. The second kappa shape index (κ2) is 14.0. The van der Waals surface area contributed by atoms with E-state index in [1.165, 1.54) is 6.42 Å². The van der Waals surface area contributed by atoms with Gasteiger partial charge in [-0.05, 0) is 76.1 Å². The predicted molar refractivity (Wildman–Crippen MR) is 172 cm³/mol. The molecule has 242 valence electrons. The topological polar surface area (TPSA) is 111 Å². The first-order valence-corrected chi connectivity index (χ1v) is 16.0. The van der Waals surface area contributed by atoms with E-state index >= 15 is 0 Å². The van der Waals surface area contributed by atoms with Gasteiger partial charge in [-0.1, -0.05) is 26.2 Å². The van der Waals surface area contributed by atoms with E-state index in [0.717, 1.165) is 54.7 Å². The average Bonchev–Trinajstić information content (AvgIpc) is 3.30. The molecule has 2 aromatic rings. The molecule has 0 unspecified atom stereocenters. The van der Waals surface area contributed by atoms with Crippen molar-refractivity contribution in [2.75, 3.05) is 33.7 Å². The highest BCUT2D eigenvalue weighted by atomic mass is 35.5. The molecule has 44 heavy (non-hydrogen) atoms. The quantitative estimate of drug-likeness (QED) is 0.462. The van der Waals surface area contributed by atoms with Gasteiger partial charge in [0.15, 0.2) is 0 Å². The van der Waals surface area contributed by atoms with Gasteiger partial charge in [-0.25, -0.2) is 4.68 Å². The van der Waals surface area contributed by atoms with Gasteiger partial charge in [-0.2, -0.15) is 5.10 Å². The van der Waals surface area contributed by atoms with Crippen LogP contribution in [0.2, 0.25) is 0 Å². The first-order chi connectivity index (χ1) is 20.6. The van der Waals surface area contributed by atoms with E-state index in [9.17, 15) is 19.5 Å². The van der Waals surface area contributed by atoms with Gasteiger partial charge in [0.25, 0.3) is 5.91 Å². The van der Waals surface area contributed by atoms with Gasteiger partial charge in [0.05, 0.1) is 17.5 Å². The zero-order valence-corrected chi connectivity index (χ0v) is 27.7. The van der Waals surface area contributed by atoms with Crippen molar-refractivity contribution in [2.45, 2.75) is 96.4 Å². The Morgan fingerprint density at radius 2 is 1.73 bits per heavy atom. The molecule has 2 aliphatic heterocycles. The van der Waals surface area contributed by atoms with Gasteiger partial charge in [-0.15, -0.1) is 12.4 Å². The lowest BCUT2D eigenvalue weighted by Gasteiger charge is -2.52. The summed E-state index contributed by atoms with van der Waals surface area (Å²) in [5.41, 5.74) is 3.81. The van der Waals surface area contributed by atoms with Crippen LogP contribution < -0.4 is 5.32 Å². The SMILES string of the molecule is CCCN1C(=O)[C@@H]([C@H](O)C2CCCCC2)NC(=O)C12CCN(Cc1c(C)nn(-c3ccc(C(=O)N(C)C)cc3)c1C)CC2.Cl. The van der Waals surface area contributed by atoms with Crippen molar-refractivity contribution in [3.63, 3.8) is 0 Å². The van der Waals surface area contributed by atoms with E-state index in [0.29, 0.717) is 44.6 Å². The van der Waals surface area contributed by atoms with Crippen LogP contribution in [-0.2, 0) is 16.1 Å². The number of aryl methyl sites for hydroxylation is 1. The largest absolute Gasteiger partial charge is 0.390 e. The van der Waals surface area contributed by atoms with Gasteiger partial charge in [0.2, 0.25) is 11.8 Å². The fourth-order valence-corrected chi connectivity index (χ4v) is 7.33. The molecule has 3 fully saturated rings. The van der Waals surface area contributed by atoms with Gasteiger partial charge in [0.1, 0.15) is 11.6 Å². The van der Waals surface area contributed by atoms with Crippen LogP contribution >= 0.6 is 12.4 Å². The maximum absolute atomic E-state index is 13.8. The molecule has 10 nitrogen and oxygen atoms in total. The molecule has 1 aromatic heterocycles. The summed E-state index contributed by atoms with van der Waals surface area (Å²) in [5, 5.41) is 19.0. The fourth-order valence-electron chi connectivity index (χ4n) is 7.33. The predicted octanol–water partition coefficient (Wildman–Crippen LogP) is 3.63. The first-order valence-electron chi connectivity index (χ1n) is 16.0. The number of hydrogen-bond acceptors (Lipinski definition) is 6. The van der Waals surface area contributed by atoms with Gasteiger partial charge in [-0.3, -0.25) is 19.3 Å². The molecule has 2 saturated heterocycles. The second-order valence-corrected chi connectivity index (χ2v) is 12.9. The van der Waals surface area contributed by atoms with E-state index in [1.54, 1.807) is 23.9 Å². The van der Waals surface area contributed by atoms with Crippen molar-refractivity contribution >= 4 is 30.1 Å². The Kier molecular flexibility index (Phi) is 10.8. The highest BCUT2D eigenvalue weighted by Crippen LogP contribution is 2.36. The van der Waals surface area contributed by atoms with Crippen molar-refractivity contribution in [3.05, 3.63) is 46.8 Å². The summed E-state index contributed by atoms with van der Waals surface area (Å²) in [6.07, 6.45) is 6.17. The minimum Gasteiger partial charge on any atom is -0.390 e. The number of nitrogens with zero attached hydrogens (tertiary/aromatic N) is 5. The normalized spacial score (nSPS) is 21.6. The maximum atomic E-state index is 13.8. The summed E-state index contributed by atoms with van der Waals surface area (Å²) in [7, 11) is 3.48. The highest BCUT2D eigenvalue weighted by molar-refractivity contribution is 6.00. The Labute approximate surface area is 267 Å². The standard InChI is InChI=1S/C33H48N6O4.ClH/c1-6-18-38-31(42)28(29(40)24-10-8-7-9-11-24)34-32(43)33(38)16-19-37(20-17-33)21-27-22(2)35-39(23(27)3)26-14-12-25(13-15-26)30(41)36(4)5;/h12-15,24,28-29,40H,6-11,16-21H2,1-5H3,(H,34,43);1H/t28-,29-;/m1./s1. The molecule has 2 N–H and O–H groups in total. The van der Waals surface area contributed by atoms with E-state index in [2.05, 4.69) is 17.1 Å². The lowest BCUT2D eigenvalue weighted by Crippen LogP contribution is -2.75. The third-order valence-electron chi connectivity index (χ3n) is 9.95. The Hall–Kier alpha value is -2.95. The number of aliphatic hydroxyl groups excluding tert-OH is 1. The number of benzene rings is 1. The Bertz CT molecular complexity index is 1330. The van der Waals surface area contributed by atoms with Gasteiger partial charge >= 0.3 is 0 Å². The summed E-state index contributed by atoms with van der Waals surface area (Å²) in [5.74, 6) is -0.214. The Balaban J connectivity index is 0.00000442. The number of halogens is 1.